The van der Waals surface area contributed by atoms with E-state index in [9.17, 15) is 29.5 Å². The second-order valence-corrected chi connectivity index (χ2v) is 7.97. The second kappa shape index (κ2) is 9.34. The van der Waals surface area contributed by atoms with Crippen LogP contribution in [0.4, 0.5) is 5.13 Å². The summed E-state index contributed by atoms with van der Waals surface area (Å²) in [5, 5.41) is 26.5. The summed E-state index contributed by atoms with van der Waals surface area (Å²) in [4.78, 5) is 53.0. The fourth-order valence-electron chi connectivity index (χ4n) is 2.90. The zero-order chi connectivity index (χ0) is 21.3. The molecule has 15 heteroatoms. The Kier molecular flexibility index (Phi) is 7.52. The van der Waals surface area contributed by atoms with Crippen LogP contribution in [0.1, 0.15) is 12.6 Å². The minimum Gasteiger partial charge on any atom is -0.543 e. The zero-order valence-corrected chi connectivity index (χ0v) is 19.4. The largest absolute Gasteiger partial charge is 1.00 e. The Labute approximate surface area is 199 Å². The number of aromatic nitrogens is 1. The molecule has 1 saturated heterocycles. The normalized spacial score (nSPS) is 22.8. The van der Waals surface area contributed by atoms with Crippen LogP contribution in [0.5, 0.6) is 0 Å². The van der Waals surface area contributed by atoms with Gasteiger partial charge in [-0.25, -0.2) is 4.98 Å². The summed E-state index contributed by atoms with van der Waals surface area (Å²) in [6.07, 6.45) is 1.31. The Balaban J connectivity index is 0.00000320. The monoisotopic (exact) mass is 463 g/mol. The van der Waals surface area contributed by atoms with Crippen LogP contribution in [-0.2, 0) is 23.9 Å². The van der Waals surface area contributed by atoms with Crippen LogP contribution < -0.4 is 45.7 Å². The first kappa shape index (κ1) is 24.1. The van der Waals surface area contributed by atoms with Gasteiger partial charge < -0.3 is 30.9 Å². The predicted octanol–water partition coefficient (Wildman–Crippen LogP) is -5.13. The van der Waals surface area contributed by atoms with Gasteiger partial charge in [0.2, 0.25) is 0 Å². The number of nitrogens with two attached hydrogens (primary N) is 1. The van der Waals surface area contributed by atoms with Crippen molar-refractivity contribution >= 4 is 57.7 Å². The number of thioether (sulfide) groups is 1. The third-order valence-electron chi connectivity index (χ3n) is 4.18. The van der Waals surface area contributed by atoms with Crippen LogP contribution in [0, 0.1) is 0 Å². The van der Waals surface area contributed by atoms with Crippen LogP contribution in [0.15, 0.2) is 22.3 Å². The van der Waals surface area contributed by atoms with Gasteiger partial charge in [-0.2, -0.15) is 0 Å². The van der Waals surface area contributed by atoms with Crippen molar-refractivity contribution in [2.45, 2.75) is 17.8 Å². The van der Waals surface area contributed by atoms with Crippen LogP contribution in [0.2, 0.25) is 0 Å². The van der Waals surface area contributed by atoms with E-state index in [-0.39, 0.29) is 51.8 Å². The molecule has 0 aromatic carbocycles. The smallest absolute Gasteiger partial charge is 0.543 e. The molecule has 0 saturated carbocycles. The molecule has 2 atom stereocenters. The van der Waals surface area contributed by atoms with Crippen LogP contribution >= 0.6 is 23.1 Å². The van der Waals surface area contributed by atoms with E-state index in [2.05, 4.69) is 15.5 Å². The van der Waals surface area contributed by atoms with Crippen molar-refractivity contribution in [3.63, 3.8) is 0 Å². The van der Waals surface area contributed by atoms with E-state index < -0.39 is 47.0 Å². The zero-order valence-electron chi connectivity index (χ0n) is 15.8. The second-order valence-electron chi connectivity index (χ2n) is 5.96. The maximum Gasteiger partial charge on any atom is 1.00 e. The molecule has 0 radical (unpaired) electrons. The number of oxime groups is 1. The summed E-state index contributed by atoms with van der Waals surface area (Å²) in [6, 6.07) is 0. The number of amides is 2. The van der Waals surface area contributed by atoms with Gasteiger partial charge in [-0.1, -0.05) is 5.16 Å². The van der Waals surface area contributed by atoms with E-state index in [0.29, 0.717) is 0 Å². The number of nitrogen functional groups attached to an aromatic ring is 1. The molecule has 1 aromatic rings. The number of β-lactam (4-membered cyclic amide) rings is 1. The number of hydrogen-bond donors (Lipinski definition) is 3. The van der Waals surface area contributed by atoms with Gasteiger partial charge in [0, 0.05) is 18.1 Å². The number of nitrogens with zero attached hydrogens (tertiary/aromatic N) is 3. The summed E-state index contributed by atoms with van der Waals surface area (Å²) in [7, 11) is 0. The number of fused-ring (bicyclic) bond motifs is 1. The molecule has 3 rings (SSSR count). The number of nitrogens with one attached hydrogen (secondary N) is 1. The molecule has 0 aliphatic carbocycles. The first-order valence-corrected chi connectivity index (χ1v) is 9.90. The maximum absolute atomic E-state index is 12.9. The van der Waals surface area contributed by atoms with Gasteiger partial charge >= 0.3 is 35.5 Å². The third kappa shape index (κ3) is 4.18. The number of anilines is 1. The molecule has 1 fully saturated rings. The number of carbonyl (C=O) groups is 4. The fraction of sp³-hybridized carbons (Fsp3) is 0.333. The van der Waals surface area contributed by atoms with Crippen molar-refractivity contribution in [3.05, 3.63) is 22.8 Å². The molecule has 2 aliphatic heterocycles. The number of carboxylic acid groups (broad SMARTS) is 1. The molecule has 4 N–H and O–H groups in total. The number of carbonyl (C=O) groups excluding carboxylic acids is 4. The number of thiazole rings is 1. The first-order valence-electron chi connectivity index (χ1n) is 7.97. The molecule has 2 aliphatic rings. The van der Waals surface area contributed by atoms with Crippen molar-refractivity contribution < 1.29 is 63.8 Å². The summed E-state index contributed by atoms with van der Waals surface area (Å²) < 4.78 is 4.96. The molecule has 1 aromatic heterocycles. The summed E-state index contributed by atoms with van der Waals surface area (Å²) >= 11 is 2.16. The van der Waals surface area contributed by atoms with Gasteiger partial charge in [0.15, 0.2) is 16.4 Å². The van der Waals surface area contributed by atoms with Gasteiger partial charge in [-0.3, -0.25) is 19.3 Å². The minimum atomic E-state index is -1.76. The fourth-order valence-corrected chi connectivity index (χ4v) is 4.76. The van der Waals surface area contributed by atoms with Gasteiger partial charge in [-0.15, -0.1) is 23.1 Å². The quantitative estimate of drug-likeness (QED) is 0.0919. The van der Waals surface area contributed by atoms with Crippen molar-refractivity contribution in [1.82, 2.24) is 15.2 Å². The van der Waals surface area contributed by atoms with E-state index in [1.807, 2.05) is 0 Å². The molecule has 2 amide bonds. The third-order valence-corrected chi connectivity index (χ3v) is 6.14. The summed E-state index contributed by atoms with van der Waals surface area (Å²) in [5.41, 5.74) is 2.88. The number of esters is 1. The molecule has 0 spiro atoms. The molecule has 1 unspecified atom stereocenters. The SMILES string of the molecule is CC(=O)OCC1(NC(=O)C(=NO)c2csc(N)n2)C(=O)N2C(C(=O)[O-])=CCS[C@@H]21.[Na+]. The average molecular weight is 463 g/mol. The Morgan fingerprint density at radius 3 is 2.77 bits per heavy atom. The van der Waals surface area contributed by atoms with Crippen molar-refractivity contribution in [1.29, 1.82) is 0 Å². The topological polar surface area (TPSA) is 187 Å². The van der Waals surface area contributed by atoms with Crippen LogP contribution in [-0.4, -0.2) is 67.8 Å². The molecule has 30 heavy (non-hydrogen) atoms. The maximum atomic E-state index is 12.9. The molecule has 0 bridgehead atoms. The molecular formula is C15H14N5NaO7S2. The number of rotatable bonds is 6. The van der Waals surface area contributed by atoms with Gasteiger partial charge in [-0.05, 0) is 6.08 Å². The van der Waals surface area contributed by atoms with Gasteiger partial charge in [0.05, 0.1) is 11.7 Å². The van der Waals surface area contributed by atoms with Crippen LogP contribution in [0.25, 0.3) is 0 Å². The number of hydrogen-bond acceptors (Lipinski definition) is 12. The predicted molar refractivity (Wildman–Crippen MR) is 98.5 cm³/mol. The first-order chi connectivity index (χ1) is 13.7. The Hall–Kier alpha value is -2.13. The number of carboxylic acids is 1. The van der Waals surface area contributed by atoms with Crippen molar-refractivity contribution in [2.24, 2.45) is 5.16 Å². The van der Waals surface area contributed by atoms with Crippen LogP contribution in [0.3, 0.4) is 0 Å². The molecule has 154 valence electrons. The van der Waals surface area contributed by atoms with E-state index in [4.69, 9.17) is 10.5 Å². The van der Waals surface area contributed by atoms with E-state index in [0.717, 1.165) is 34.9 Å². The Bertz CT molecular complexity index is 965. The average Bonchev–Trinajstić information content (AvgIpc) is 3.10. The molecular weight excluding hydrogens is 449 g/mol. The summed E-state index contributed by atoms with van der Waals surface area (Å²) in [5.74, 6) is -3.83. The number of aliphatic carboxylic acids is 1. The Morgan fingerprint density at radius 1 is 1.53 bits per heavy atom. The molecule has 3 heterocycles. The van der Waals surface area contributed by atoms with Crippen molar-refractivity contribution in [3.8, 4) is 0 Å². The standard InChI is InChI=1S/C15H15N5O7S2.Na/c1-6(21)27-5-15(12(25)20-8(11(23)24)2-3-28-13(15)20)18-10(22)9(19-26)7-4-29-14(16)17-7;/h2,4,13,26H,3,5H2,1H3,(H2,16,17)(H,18,22)(H,23,24);/q;+1/p-1/t13-,15?;/m1./s1. The van der Waals surface area contributed by atoms with E-state index >= 15 is 0 Å². The van der Waals surface area contributed by atoms with Gasteiger partial charge in [0.25, 0.3) is 11.8 Å². The van der Waals surface area contributed by atoms with E-state index in [1.165, 1.54) is 11.5 Å². The van der Waals surface area contributed by atoms with E-state index in [1.54, 1.807) is 0 Å². The van der Waals surface area contributed by atoms with Gasteiger partial charge in [0.1, 0.15) is 17.7 Å². The molecule has 12 nitrogen and oxygen atoms in total. The van der Waals surface area contributed by atoms with Crippen molar-refractivity contribution in [2.75, 3.05) is 18.1 Å². The Morgan fingerprint density at radius 2 is 2.23 bits per heavy atom. The number of ether oxygens (including phenoxy) is 1. The summed E-state index contributed by atoms with van der Waals surface area (Å²) in [6.45, 7) is 0.578. The minimum absolute atomic E-state index is 0.